The van der Waals surface area contributed by atoms with Crippen LogP contribution in [0.2, 0.25) is 0 Å². The Hall–Kier alpha value is -0.650. The van der Waals surface area contributed by atoms with Crippen molar-refractivity contribution in [3.8, 4) is 0 Å². The number of esters is 1. The largest absolute Gasteiger partial charge is 0.462 e. The smallest absolute Gasteiger partial charge is 0.302 e. The molecule has 0 fully saturated rings. The van der Waals surface area contributed by atoms with E-state index in [9.17, 15) is 4.79 Å². The number of hydrogen-bond acceptors (Lipinski definition) is 5. The first-order chi connectivity index (χ1) is 9.51. The molecule has 20 heavy (non-hydrogen) atoms. The van der Waals surface area contributed by atoms with Crippen molar-refractivity contribution in [1.82, 2.24) is 0 Å². The fraction of sp³-hybridized carbons (Fsp3) is 0.933. The Kier molecular flexibility index (Phi) is 11.7. The van der Waals surface area contributed by atoms with Gasteiger partial charge in [0.05, 0.1) is 25.9 Å². The molecule has 0 aliphatic rings. The number of nitrogens with two attached hydrogens (primary N) is 1. The van der Waals surface area contributed by atoms with Gasteiger partial charge in [-0.3, -0.25) is 4.79 Å². The van der Waals surface area contributed by atoms with Crippen LogP contribution in [0, 0.1) is 5.92 Å². The Morgan fingerprint density at radius 1 is 1.30 bits per heavy atom. The highest BCUT2D eigenvalue weighted by Gasteiger charge is 2.20. The molecule has 0 aromatic carbocycles. The van der Waals surface area contributed by atoms with Crippen molar-refractivity contribution in [2.24, 2.45) is 11.7 Å². The van der Waals surface area contributed by atoms with Crippen molar-refractivity contribution in [3.05, 3.63) is 0 Å². The van der Waals surface area contributed by atoms with Crippen LogP contribution in [0.15, 0.2) is 0 Å². The van der Waals surface area contributed by atoms with Crippen LogP contribution in [0.5, 0.6) is 0 Å². The quantitative estimate of drug-likeness (QED) is 0.423. The number of hydrogen-bond donors (Lipinski definition) is 2. The zero-order chi connectivity index (χ0) is 15.4. The van der Waals surface area contributed by atoms with E-state index in [0.717, 1.165) is 12.8 Å². The molecular formula is C15H31NO4. The summed E-state index contributed by atoms with van der Waals surface area (Å²) in [6.07, 6.45) is 5.18. The molecule has 0 spiro atoms. The molecule has 0 bridgehead atoms. The maximum Gasteiger partial charge on any atom is 0.302 e. The van der Waals surface area contributed by atoms with Crippen LogP contribution in [-0.4, -0.2) is 43.0 Å². The van der Waals surface area contributed by atoms with E-state index in [0.29, 0.717) is 25.6 Å². The molecule has 120 valence electrons. The lowest BCUT2D eigenvalue weighted by Crippen LogP contribution is -2.31. The summed E-state index contributed by atoms with van der Waals surface area (Å²) in [5.74, 6) is 0.0879. The Morgan fingerprint density at radius 2 is 2.00 bits per heavy atom. The minimum absolute atomic E-state index is 0.0825. The van der Waals surface area contributed by atoms with Crippen LogP contribution in [0.25, 0.3) is 0 Å². The van der Waals surface area contributed by atoms with Gasteiger partial charge < -0.3 is 20.3 Å². The summed E-state index contributed by atoms with van der Waals surface area (Å²) in [4.78, 5) is 11.2. The number of unbranched alkanes of at least 4 members (excludes halogenated alkanes) is 2. The molecule has 0 saturated heterocycles. The molecule has 0 heterocycles. The van der Waals surface area contributed by atoms with Crippen molar-refractivity contribution in [2.75, 3.05) is 19.8 Å². The topological polar surface area (TPSA) is 81.8 Å². The van der Waals surface area contributed by atoms with Gasteiger partial charge in [0.1, 0.15) is 6.10 Å². The standard InChI is InChI=1S/C15H31NO4/c1-4-5-6-7-12(2)15(20-13(3)18)8-9-19-11-14(16)10-17/h12,14-15,17H,4-11,16H2,1-3H3/t12?,14-,15?/m0/s1. The molecular weight excluding hydrogens is 258 g/mol. The van der Waals surface area contributed by atoms with Crippen molar-refractivity contribution in [3.63, 3.8) is 0 Å². The number of carbonyl (C=O) groups excluding carboxylic acids is 1. The third-order valence-electron chi connectivity index (χ3n) is 3.33. The average Bonchev–Trinajstić information content (AvgIpc) is 2.41. The van der Waals surface area contributed by atoms with Crippen molar-refractivity contribution in [1.29, 1.82) is 0 Å². The lowest BCUT2D eigenvalue weighted by Gasteiger charge is -2.24. The van der Waals surface area contributed by atoms with Crippen LogP contribution in [-0.2, 0) is 14.3 Å². The van der Waals surface area contributed by atoms with E-state index in [1.807, 2.05) is 0 Å². The second-order valence-corrected chi connectivity index (χ2v) is 5.43. The minimum Gasteiger partial charge on any atom is -0.462 e. The molecule has 0 aliphatic heterocycles. The van der Waals surface area contributed by atoms with E-state index >= 15 is 0 Å². The molecule has 0 aromatic heterocycles. The third kappa shape index (κ3) is 10.2. The average molecular weight is 289 g/mol. The van der Waals surface area contributed by atoms with Crippen LogP contribution in [0.3, 0.4) is 0 Å². The minimum atomic E-state index is -0.343. The highest BCUT2D eigenvalue weighted by atomic mass is 16.5. The predicted molar refractivity (Wildman–Crippen MR) is 79.4 cm³/mol. The van der Waals surface area contributed by atoms with E-state index in [-0.39, 0.29) is 24.7 Å². The van der Waals surface area contributed by atoms with E-state index in [1.165, 1.54) is 19.8 Å². The number of carbonyl (C=O) groups is 1. The summed E-state index contributed by atoms with van der Waals surface area (Å²) in [6, 6.07) is -0.343. The predicted octanol–water partition coefficient (Wildman–Crippen LogP) is 1.86. The molecule has 5 heteroatoms. The normalized spacial score (nSPS) is 15.7. The van der Waals surface area contributed by atoms with E-state index in [1.54, 1.807) is 0 Å². The lowest BCUT2D eigenvalue weighted by molar-refractivity contribution is -0.150. The zero-order valence-corrected chi connectivity index (χ0v) is 13.1. The lowest BCUT2D eigenvalue weighted by atomic mass is 9.95. The number of ether oxygens (including phenoxy) is 2. The van der Waals surface area contributed by atoms with E-state index in [4.69, 9.17) is 20.3 Å². The van der Waals surface area contributed by atoms with Gasteiger partial charge in [-0.2, -0.15) is 0 Å². The number of rotatable bonds is 12. The first-order valence-electron chi connectivity index (χ1n) is 7.62. The van der Waals surface area contributed by atoms with Crippen LogP contribution >= 0.6 is 0 Å². The first kappa shape index (κ1) is 19.4. The van der Waals surface area contributed by atoms with Gasteiger partial charge in [0.2, 0.25) is 0 Å². The summed E-state index contributed by atoms with van der Waals surface area (Å²) in [5.41, 5.74) is 5.55. The van der Waals surface area contributed by atoms with E-state index in [2.05, 4.69) is 13.8 Å². The Bertz CT molecular complexity index is 248. The zero-order valence-electron chi connectivity index (χ0n) is 13.1. The Labute approximate surface area is 122 Å². The van der Waals surface area contributed by atoms with Crippen molar-refractivity contribution >= 4 is 5.97 Å². The first-order valence-corrected chi connectivity index (χ1v) is 7.62. The van der Waals surface area contributed by atoms with Gasteiger partial charge in [0.15, 0.2) is 0 Å². The highest BCUT2D eigenvalue weighted by Crippen LogP contribution is 2.19. The summed E-state index contributed by atoms with van der Waals surface area (Å²) < 4.78 is 10.8. The highest BCUT2D eigenvalue weighted by molar-refractivity contribution is 5.66. The van der Waals surface area contributed by atoms with Crippen LogP contribution in [0.1, 0.15) is 52.9 Å². The van der Waals surface area contributed by atoms with Crippen molar-refractivity contribution in [2.45, 2.75) is 65.0 Å². The molecule has 0 radical (unpaired) electrons. The molecule has 0 saturated carbocycles. The molecule has 0 rings (SSSR count). The molecule has 0 amide bonds. The molecule has 5 nitrogen and oxygen atoms in total. The van der Waals surface area contributed by atoms with Crippen molar-refractivity contribution < 1.29 is 19.4 Å². The Balaban J connectivity index is 4.03. The number of aliphatic hydroxyl groups excluding tert-OH is 1. The molecule has 3 N–H and O–H groups in total. The summed E-state index contributed by atoms with van der Waals surface area (Å²) >= 11 is 0. The second-order valence-electron chi connectivity index (χ2n) is 5.43. The maximum absolute atomic E-state index is 11.2. The Morgan fingerprint density at radius 3 is 2.55 bits per heavy atom. The van der Waals surface area contributed by atoms with E-state index < -0.39 is 0 Å². The molecule has 0 aromatic rings. The van der Waals surface area contributed by atoms with Gasteiger partial charge in [0, 0.05) is 13.3 Å². The molecule has 3 atom stereocenters. The monoisotopic (exact) mass is 289 g/mol. The van der Waals surface area contributed by atoms with Gasteiger partial charge in [-0.1, -0.05) is 33.1 Å². The van der Waals surface area contributed by atoms with Crippen LogP contribution in [0.4, 0.5) is 0 Å². The maximum atomic E-state index is 11.2. The second kappa shape index (κ2) is 12.1. The van der Waals surface area contributed by atoms with Gasteiger partial charge in [-0.25, -0.2) is 0 Å². The molecule has 0 aliphatic carbocycles. The summed E-state index contributed by atoms with van der Waals surface area (Å²) in [5, 5.41) is 8.80. The van der Waals surface area contributed by atoms with Gasteiger partial charge in [-0.15, -0.1) is 0 Å². The number of aliphatic hydroxyl groups is 1. The SMILES string of the molecule is CCCCCC(C)C(CCOC[C@@H](N)CO)OC(C)=O. The summed E-state index contributed by atoms with van der Waals surface area (Å²) in [6.45, 7) is 6.46. The van der Waals surface area contributed by atoms with Gasteiger partial charge >= 0.3 is 5.97 Å². The third-order valence-corrected chi connectivity index (χ3v) is 3.33. The molecule has 2 unspecified atom stereocenters. The van der Waals surface area contributed by atoms with Crippen LogP contribution < -0.4 is 5.73 Å². The fourth-order valence-electron chi connectivity index (χ4n) is 2.06. The van der Waals surface area contributed by atoms with Gasteiger partial charge in [0.25, 0.3) is 0 Å². The summed E-state index contributed by atoms with van der Waals surface area (Å²) in [7, 11) is 0. The fourth-order valence-corrected chi connectivity index (χ4v) is 2.06. The van der Waals surface area contributed by atoms with Gasteiger partial charge in [-0.05, 0) is 12.3 Å².